The summed E-state index contributed by atoms with van der Waals surface area (Å²) in [5, 5.41) is 0. The zero-order chi connectivity index (χ0) is 11.5. The van der Waals surface area contributed by atoms with Crippen LogP contribution in [0.4, 0.5) is 0 Å². The molecule has 0 saturated carbocycles. The predicted molar refractivity (Wildman–Crippen MR) is 70.4 cm³/mol. The Morgan fingerprint density at radius 1 is 0.800 bits per heavy atom. The Labute approximate surface area is 97.2 Å². The number of hydrogen-bond donors (Lipinski definition) is 0. The molecule has 0 fully saturated rings. The van der Waals surface area contributed by atoms with Crippen LogP contribution in [0.25, 0.3) is 0 Å². The smallest absolute Gasteiger partial charge is 0.00926 e. The van der Waals surface area contributed by atoms with Gasteiger partial charge in [0.2, 0.25) is 0 Å². The molecule has 0 aromatic carbocycles. The molecule has 0 N–H and O–H groups in total. The van der Waals surface area contributed by atoms with E-state index in [0.29, 0.717) is 0 Å². The van der Waals surface area contributed by atoms with Crippen LogP contribution in [-0.2, 0) is 0 Å². The molecule has 0 aliphatic carbocycles. The maximum Gasteiger partial charge on any atom is 0.00926 e. The minimum absolute atomic E-state index is 0.844. The van der Waals surface area contributed by atoms with Crippen molar-refractivity contribution in [2.24, 2.45) is 0 Å². The van der Waals surface area contributed by atoms with Gasteiger partial charge in [-0.1, -0.05) is 47.0 Å². The number of hydrogen-bond acceptors (Lipinski definition) is 1. The van der Waals surface area contributed by atoms with Crippen LogP contribution in [0.5, 0.6) is 0 Å². The molecule has 0 bridgehead atoms. The van der Waals surface area contributed by atoms with Gasteiger partial charge in [0, 0.05) is 6.04 Å². The summed E-state index contributed by atoms with van der Waals surface area (Å²) in [5.41, 5.74) is 0. The highest BCUT2D eigenvalue weighted by atomic mass is 15.1. The highest BCUT2D eigenvalue weighted by molar-refractivity contribution is 4.70. The summed E-state index contributed by atoms with van der Waals surface area (Å²) in [7, 11) is 0. The monoisotopic (exact) mass is 213 g/mol. The van der Waals surface area contributed by atoms with Crippen molar-refractivity contribution in [3.8, 4) is 0 Å². The van der Waals surface area contributed by atoms with Gasteiger partial charge in [0.25, 0.3) is 0 Å². The number of rotatable bonds is 10. The lowest BCUT2D eigenvalue weighted by Crippen LogP contribution is -2.36. The van der Waals surface area contributed by atoms with E-state index < -0.39 is 0 Å². The summed E-state index contributed by atoms with van der Waals surface area (Å²) in [6.45, 7) is 11.8. The second kappa shape index (κ2) is 10.5. The molecule has 0 amide bonds. The average Bonchev–Trinajstić information content (AvgIpc) is 2.26. The van der Waals surface area contributed by atoms with E-state index in [0.717, 1.165) is 6.04 Å². The Kier molecular flexibility index (Phi) is 10.4. The van der Waals surface area contributed by atoms with Crippen molar-refractivity contribution < 1.29 is 0 Å². The molecule has 1 atom stereocenters. The van der Waals surface area contributed by atoms with Crippen molar-refractivity contribution in [1.82, 2.24) is 4.90 Å². The Balaban J connectivity index is 4.00. The molecule has 0 aromatic rings. The van der Waals surface area contributed by atoms with E-state index in [1.165, 1.54) is 58.0 Å². The van der Waals surface area contributed by atoms with Gasteiger partial charge in [-0.15, -0.1) is 0 Å². The predicted octanol–water partition coefficient (Wildman–Crippen LogP) is 4.47. The van der Waals surface area contributed by atoms with Gasteiger partial charge in [0.1, 0.15) is 0 Å². The molecule has 1 unspecified atom stereocenters. The van der Waals surface area contributed by atoms with E-state index >= 15 is 0 Å². The van der Waals surface area contributed by atoms with Crippen molar-refractivity contribution >= 4 is 0 Å². The highest BCUT2D eigenvalue weighted by Crippen LogP contribution is 2.14. The number of unbranched alkanes of at least 4 members (excludes halogenated alkanes) is 2. The summed E-state index contributed by atoms with van der Waals surface area (Å²) in [5.74, 6) is 0. The van der Waals surface area contributed by atoms with Crippen LogP contribution in [0.15, 0.2) is 0 Å². The van der Waals surface area contributed by atoms with Gasteiger partial charge < -0.3 is 4.90 Å². The second-order valence-corrected chi connectivity index (χ2v) is 4.59. The Morgan fingerprint density at radius 3 is 1.93 bits per heavy atom. The molecule has 1 nitrogen and oxygen atoms in total. The third kappa shape index (κ3) is 6.94. The van der Waals surface area contributed by atoms with Crippen LogP contribution in [-0.4, -0.2) is 24.0 Å². The zero-order valence-corrected chi connectivity index (χ0v) is 11.4. The molecule has 0 radical (unpaired) electrons. The first-order valence-electron chi connectivity index (χ1n) is 7.04. The zero-order valence-electron chi connectivity index (χ0n) is 11.4. The molecule has 0 rings (SSSR count). The third-order valence-electron chi connectivity index (χ3n) is 3.19. The van der Waals surface area contributed by atoms with E-state index in [4.69, 9.17) is 0 Å². The topological polar surface area (TPSA) is 3.24 Å². The summed E-state index contributed by atoms with van der Waals surface area (Å²) in [4.78, 5) is 2.72. The summed E-state index contributed by atoms with van der Waals surface area (Å²) in [6, 6.07) is 0.844. The maximum absolute atomic E-state index is 2.72. The largest absolute Gasteiger partial charge is 0.300 e. The van der Waals surface area contributed by atoms with Gasteiger partial charge in [0.15, 0.2) is 0 Å². The first-order valence-corrected chi connectivity index (χ1v) is 7.04. The van der Waals surface area contributed by atoms with Gasteiger partial charge in [-0.2, -0.15) is 0 Å². The first-order chi connectivity index (χ1) is 7.29. The van der Waals surface area contributed by atoms with Crippen LogP contribution in [0.1, 0.15) is 72.6 Å². The lowest BCUT2D eigenvalue weighted by molar-refractivity contribution is 0.176. The van der Waals surface area contributed by atoms with E-state index in [2.05, 4.69) is 32.6 Å². The van der Waals surface area contributed by atoms with Gasteiger partial charge in [-0.3, -0.25) is 0 Å². The first kappa shape index (κ1) is 15.0. The van der Waals surface area contributed by atoms with Crippen LogP contribution in [0.3, 0.4) is 0 Å². The molecule has 0 heterocycles. The molecule has 0 aromatic heterocycles. The minimum Gasteiger partial charge on any atom is -0.300 e. The molecule has 0 spiro atoms. The summed E-state index contributed by atoms with van der Waals surface area (Å²) in [6.07, 6.45) is 9.44. The van der Waals surface area contributed by atoms with Gasteiger partial charge in [0.05, 0.1) is 0 Å². The summed E-state index contributed by atoms with van der Waals surface area (Å²) >= 11 is 0. The van der Waals surface area contributed by atoms with Crippen molar-refractivity contribution in [1.29, 1.82) is 0 Å². The quantitative estimate of drug-likeness (QED) is 0.517. The molecule has 1 heteroatoms. The molecule has 15 heavy (non-hydrogen) atoms. The normalized spacial score (nSPS) is 13.4. The Hall–Kier alpha value is -0.0400. The highest BCUT2D eigenvalue weighted by Gasteiger charge is 2.14. The van der Waals surface area contributed by atoms with E-state index in [9.17, 15) is 0 Å². The van der Waals surface area contributed by atoms with Crippen molar-refractivity contribution in [2.75, 3.05) is 13.1 Å². The molecular weight excluding hydrogens is 182 g/mol. The average molecular weight is 213 g/mol. The lowest BCUT2D eigenvalue weighted by Gasteiger charge is -2.30. The van der Waals surface area contributed by atoms with Gasteiger partial charge >= 0.3 is 0 Å². The van der Waals surface area contributed by atoms with E-state index in [1.807, 2.05) is 0 Å². The minimum atomic E-state index is 0.844. The third-order valence-corrected chi connectivity index (χ3v) is 3.19. The summed E-state index contributed by atoms with van der Waals surface area (Å²) < 4.78 is 0. The fourth-order valence-electron chi connectivity index (χ4n) is 2.21. The van der Waals surface area contributed by atoms with Crippen LogP contribution in [0.2, 0.25) is 0 Å². The van der Waals surface area contributed by atoms with E-state index in [-0.39, 0.29) is 0 Å². The SMILES string of the molecule is CCCCC(CC)N(CCC)CCCC. The Bertz CT molecular complexity index is 123. The van der Waals surface area contributed by atoms with Crippen molar-refractivity contribution in [3.05, 3.63) is 0 Å². The standard InChI is InChI=1S/C14H31N/c1-5-9-11-14(8-4)15(12-7-3)13-10-6-2/h14H,5-13H2,1-4H3. The van der Waals surface area contributed by atoms with Crippen LogP contribution in [0, 0.1) is 0 Å². The van der Waals surface area contributed by atoms with Gasteiger partial charge in [-0.25, -0.2) is 0 Å². The lowest BCUT2D eigenvalue weighted by atomic mass is 10.0. The molecule has 0 saturated heterocycles. The molecular formula is C14H31N. The molecule has 0 aliphatic rings. The number of nitrogens with zero attached hydrogens (tertiary/aromatic N) is 1. The van der Waals surface area contributed by atoms with Crippen LogP contribution >= 0.6 is 0 Å². The van der Waals surface area contributed by atoms with Crippen LogP contribution < -0.4 is 0 Å². The Morgan fingerprint density at radius 2 is 1.47 bits per heavy atom. The molecule has 0 aliphatic heterocycles. The van der Waals surface area contributed by atoms with Crippen molar-refractivity contribution in [3.63, 3.8) is 0 Å². The second-order valence-electron chi connectivity index (χ2n) is 4.59. The fraction of sp³-hybridized carbons (Fsp3) is 1.00. The molecule has 92 valence electrons. The van der Waals surface area contributed by atoms with Crippen molar-refractivity contribution in [2.45, 2.75) is 78.7 Å². The fourth-order valence-corrected chi connectivity index (χ4v) is 2.21. The van der Waals surface area contributed by atoms with E-state index in [1.54, 1.807) is 0 Å². The van der Waals surface area contributed by atoms with Gasteiger partial charge in [-0.05, 0) is 38.8 Å². The maximum atomic E-state index is 2.72.